The Morgan fingerprint density at radius 2 is 1.86 bits per heavy atom. The lowest BCUT2D eigenvalue weighted by Crippen LogP contribution is -2.49. The summed E-state index contributed by atoms with van der Waals surface area (Å²) in [6.07, 6.45) is 3.23. The average molecular weight is 598 g/mol. The Labute approximate surface area is 251 Å². The van der Waals surface area contributed by atoms with E-state index in [1.165, 1.54) is 18.7 Å². The molecule has 2 atom stereocenters. The summed E-state index contributed by atoms with van der Waals surface area (Å²) in [6, 6.07) is 9.85. The minimum Gasteiger partial charge on any atom is -0.379 e. The van der Waals surface area contributed by atoms with Gasteiger partial charge in [-0.2, -0.15) is 4.99 Å². The Bertz CT molecular complexity index is 1330. The second kappa shape index (κ2) is 15.2. The van der Waals surface area contributed by atoms with Gasteiger partial charge in [-0.1, -0.05) is 32.0 Å². The Morgan fingerprint density at radius 3 is 2.56 bits per heavy atom. The molecule has 0 spiro atoms. The summed E-state index contributed by atoms with van der Waals surface area (Å²) in [5.41, 5.74) is 2.56. The average Bonchev–Trinajstić information content (AvgIpc) is 2.96. The molecule has 1 unspecified atom stereocenters. The number of piperidine rings is 1. The lowest BCUT2D eigenvalue weighted by molar-refractivity contribution is -0.124. The van der Waals surface area contributed by atoms with Gasteiger partial charge in [0.15, 0.2) is 11.6 Å². The van der Waals surface area contributed by atoms with Crippen LogP contribution in [0.3, 0.4) is 0 Å². The van der Waals surface area contributed by atoms with E-state index in [0.29, 0.717) is 24.8 Å². The van der Waals surface area contributed by atoms with Gasteiger partial charge in [0.2, 0.25) is 11.8 Å². The zero-order valence-electron chi connectivity index (χ0n) is 25.0. The van der Waals surface area contributed by atoms with Gasteiger partial charge in [0.05, 0.1) is 18.4 Å². The molecule has 0 bridgehead atoms. The molecule has 2 heterocycles. The SMILES string of the molecule is COCC1=NC(=O)N[C@H](c2ccc(F)c(F)c2)C1C(=O)NCCCN1CCC(c2cccc(NC(=O)CC(C)C)c2)CC1. The van der Waals surface area contributed by atoms with Crippen LogP contribution in [-0.2, 0) is 14.3 Å². The Balaban J connectivity index is 1.27. The van der Waals surface area contributed by atoms with E-state index in [4.69, 9.17) is 4.74 Å². The number of hydrogen-bond donors (Lipinski definition) is 3. The van der Waals surface area contributed by atoms with Gasteiger partial charge in [-0.25, -0.2) is 13.6 Å². The number of nitrogens with zero attached hydrogens (tertiary/aromatic N) is 2. The van der Waals surface area contributed by atoms with Crippen molar-refractivity contribution in [1.29, 1.82) is 0 Å². The Morgan fingerprint density at radius 1 is 1.09 bits per heavy atom. The van der Waals surface area contributed by atoms with E-state index < -0.39 is 29.6 Å². The maximum absolute atomic E-state index is 14.0. The summed E-state index contributed by atoms with van der Waals surface area (Å²) in [7, 11) is 1.43. The highest BCUT2D eigenvalue weighted by Crippen LogP contribution is 2.30. The number of halogens is 2. The van der Waals surface area contributed by atoms with E-state index in [1.807, 2.05) is 26.0 Å². The van der Waals surface area contributed by atoms with Gasteiger partial charge in [0.1, 0.15) is 5.92 Å². The third-order valence-electron chi connectivity index (χ3n) is 7.87. The molecular formula is C32H41F2N5O4. The number of benzene rings is 2. The molecule has 4 amide bonds. The molecule has 0 aromatic heterocycles. The van der Waals surface area contributed by atoms with Gasteiger partial charge in [-0.15, -0.1) is 0 Å². The number of urea groups is 1. The summed E-state index contributed by atoms with van der Waals surface area (Å²) in [5.74, 6) is -2.61. The molecule has 11 heteroatoms. The fourth-order valence-electron chi connectivity index (χ4n) is 5.76. The van der Waals surface area contributed by atoms with Crippen molar-refractivity contribution in [2.75, 3.05) is 45.2 Å². The van der Waals surface area contributed by atoms with Gasteiger partial charge < -0.3 is 25.6 Å². The number of amides is 4. The van der Waals surface area contributed by atoms with Crippen molar-refractivity contribution in [1.82, 2.24) is 15.5 Å². The first-order valence-electron chi connectivity index (χ1n) is 14.9. The maximum atomic E-state index is 14.0. The summed E-state index contributed by atoms with van der Waals surface area (Å²) < 4.78 is 32.7. The van der Waals surface area contributed by atoms with E-state index in [0.717, 1.165) is 56.7 Å². The van der Waals surface area contributed by atoms with Gasteiger partial charge in [0.25, 0.3) is 0 Å². The molecule has 3 N–H and O–H groups in total. The van der Waals surface area contributed by atoms with Gasteiger partial charge in [-0.3, -0.25) is 9.59 Å². The predicted molar refractivity (Wildman–Crippen MR) is 161 cm³/mol. The van der Waals surface area contributed by atoms with Crippen LogP contribution in [0.15, 0.2) is 47.5 Å². The second-order valence-electron chi connectivity index (χ2n) is 11.6. The first kappa shape index (κ1) is 32.2. The lowest BCUT2D eigenvalue weighted by Gasteiger charge is -2.33. The number of methoxy groups -OCH3 is 1. The van der Waals surface area contributed by atoms with Crippen LogP contribution >= 0.6 is 0 Å². The summed E-state index contributed by atoms with van der Waals surface area (Å²) in [6.45, 7) is 7.08. The topological polar surface area (TPSA) is 112 Å². The normalized spacial score (nSPS) is 19.6. The fourth-order valence-corrected chi connectivity index (χ4v) is 5.76. The lowest BCUT2D eigenvalue weighted by atomic mass is 9.87. The van der Waals surface area contributed by atoms with Gasteiger partial charge >= 0.3 is 6.03 Å². The number of carbonyl (C=O) groups excluding carboxylic acids is 3. The number of nitrogens with one attached hydrogen (secondary N) is 3. The molecule has 2 aromatic rings. The molecule has 0 saturated carbocycles. The van der Waals surface area contributed by atoms with Crippen molar-refractivity contribution in [3.63, 3.8) is 0 Å². The molecular weight excluding hydrogens is 556 g/mol. The van der Waals surface area contributed by atoms with E-state index >= 15 is 0 Å². The van der Waals surface area contributed by atoms with E-state index in [-0.39, 0.29) is 29.7 Å². The van der Waals surface area contributed by atoms with Crippen molar-refractivity contribution in [2.24, 2.45) is 16.8 Å². The summed E-state index contributed by atoms with van der Waals surface area (Å²) >= 11 is 0. The summed E-state index contributed by atoms with van der Waals surface area (Å²) in [5, 5.41) is 8.56. The molecule has 43 heavy (non-hydrogen) atoms. The van der Waals surface area contributed by atoms with Crippen LogP contribution in [-0.4, -0.2) is 68.4 Å². The minimum atomic E-state index is -1.06. The fraction of sp³-hybridized carbons (Fsp3) is 0.500. The van der Waals surface area contributed by atoms with Crippen LogP contribution in [0.2, 0.25) is 0 Å². The van der Waals surface area contributed by atoms with Crippen molar-refractivity contribution >= 4 is 29.2 Å². The number of ether oxygens (including phenoxy) is 1. The third kappa shape index (κ3) is 8.90. The zero-order valence-corrected chi connectivity index (χ0v) is 25.0. The first-order valence-corrected chi connectivity index (χ1v) is 14.9. The molecule has 2 aliphatic heterocycles. The second-order valence-corrected chi connectivity index (χ2v) is 11.6. The number of aliphatic imine (C=N–C) groups is 1. The smallest absolute Gasteiger partial charge is 0.341 e. The Hall–Kier alpha value is -3.70. The molecule has 2 aromatic carbocycles. The van der Waals surface area contributed by atoms with E-state index in [1.54, 1.807) is 0 Å². The number of carbonyl (C=O) groups is 3. The maximum Gasteiger partial charge on any atom is 0.341 e. The molecule has 9 nitrogen and oxygen atoms in total. The highest BCUT2D eigenvalue weighted by Gasteiger charge is 2.39. The molecule has 1 fully saturated rings. The van der Waals surface area contributed by atoms with Crippen LogP contribution in [0, 0.1) is 23.5 Å². The zero-order chi connectivity index (χ0) is 30.9. The third-order valence-corrected chi connectivity index (χ3v) is 7.87. The number of likely N-dealkylation sites (tertiary alicyclic amines) is 1. The standard InChI is InChI=1S/C32H41F2N5O4/c1-20(2)16-28(40)36-24-7-4-6-22(17-24)21-10-14-39(15-11-21)13-5-12-35-31(41)29-27(19-43-3)37-32(42)38-30(29)23-8-9-25(33)26(34)18-23/h4,6-9,17-18,20-21,29-30H,5,10-16,19H2,1-3H3,(H,35,41)(H,36,40)(H,38,42)/t29?,30-/m1/s1. The first-order chi connectivity index (χ1) is 20.6. The number of rotatable bonds is 12. The van der Waals surface area contributed by atoms with Crippen LogP contribution < -0.4 is 16.0 Å². The Kier molecular flexibility index (Phi) is 11.4. The predicted octanol–water partition coefficient (Wildman–Crippen LogP) is 4.80. The molecule has 232 valence electrons. The molecule has 1 saturated heterocycles. The molecule has 0 radical (unpaired) electrons. The number of hydrogen-bond acceptors (Lipinski definition) is 5. The highest BCUT2D eigenvalue weighted by atomic mass is 19.2. The summed E-state index contributed by atoms with van der Waals surface area (Å²) in [4.78, 5) is 44.0. The number of anilines is 1. The van der Waals surface area contributed by atoms with Crippen molar-refractivity contribution in [3.8, 4) is 0 Å². The molecule has 2 aliphatic rings. The quantitative estimate of drug-likeness (QED) is 0.304. The molecule has 0 aliphatic carbocycles. The monoisotopic (exact) mass is 597 g/mol. The largest absolute Gasteiger partial charge is 0.379 e. The van der Waals surface area contributed by atoms with E-state index in [2.05, 4.69) is 38.0 Å². The van der Waals surface area contributed by atoms with Crippen molar-refractivity contribution in [2.45, 2.75) is 51.5 Å². The van der Waals surface area contributed by atoms with Crippen LogP contribution in [0.4, 0.5) is 19.3 Å². The van der Waals surface area contributed by atoms with Gasteiger partial charge in [0, 0.05) is 25.8 Å². The van der Waals surface area contributed by atoms with Crippen LogP contribution in [0.25, 0.3) is 0 Å². The molecule has 4 rings (SSSR count). The van der Waals surface area contributed by atoms with E-state index in [9.17, 15) is 23.2 Å². The van der Waals surface area contributed by atoms with Crippen molar-refractivity contribution in [3.05, 3.63) is 65.2 Å². The highest BCUT2D eigenvalue weighted by molar-refractivity contribution is 6.11. The van der Waals surface area contributed by atoms with Crippen LogP contribution in [0.5, 0.6) is 0 Å². The van der Waals surface area contributed by atoms with Crippen LogP contribution in [0.1, 0.15) is 62.6 Å². The minimum absolute atomic E-state index is 0.0318. The van der Waals surface area contributed by atoms with Crippen molar-refractivity contribution < 1.29 is 27.9 Å². The van der Waals surface area contributed by atoms with Gasteiger partial charge in [-0.05, 0) is 86.1 Å².